The van der Waals surface area contributed by atoms with Crippen LogP contribution in [0, 0.1) is 0 Å². The Kier molecular flexibility index (Phi) is 4.01. The normalized spacial score (nSPS) is 15.0. The Balaban J connectivity index is 1.69. The van der Waals surface area contributed by atoms with Crippen LogP contribution in [-0.2, 0) is 27.9 Å². The van der Waals surface area contributed by atoms with Gasteiger partial charge < -0.3 is 5.32 Å². The van der Waals surface area contributed by atoms with Crippen molar-refractivity contribution in [1.29, 1.82) is 0 Å². The third kappa shape index (κ3) is 3.49. The summed E-state index contributed by atoms with van der Waals surface area (Å²) >= 11 is 0. The van der Waals surface area contributed by atoms with Gasteiger partial charge in [-0.25, -0.2) is 8.42 Å². The molecule has 0 unspecified atom stereocenters. The second kappa shape index (κ2) is 5.98. The SMILES string of the molecule is CS(=O)(=O)N1Cc2[nH]nc(NC(=O)C=Cc3ccccc3)c2C1. The van der Waals surface area contributed by atoms with E-state index in [0.29, 0.717) is 17.1 Å². The number of hydrogen-bond donors (Lipinski definition) is 2. The van der Waals surface area contributed by atoms with Crippen LogP contribution in [0.3, 0.4) is 0 Å². The number of carbonyl (C=O) groups excluding carboxylic acids is 1. The van der Waals surface area contributed by atoms with Crippen LogP contribution in [0.15, 0.2) is 36.4 Å². The summed E-state index contributed by atoms with van der Waals surface area (Å²) in [5, 5.41) is 9.48. The van der Waals surface area contributed by atoms with E-state index in [1.54, 1.807) is 6.08 Å². The molecule has 1 aliphatic heterocycles. The van der Waals surface area contributed by atoms with E-state index >= 15 is 0 Å². The van der Waals surface area contributed by atoms with Crippen LogP contribution in [0.4, 0.5) is 5.82 Å². The molecule has 23 heavy (non-hydrogen) atoms. The lowest BCUT2D eigenvalue weighted by molar-refractivity contribution is -0.111. The first-order chi connectivity index (χ1) is 10.9. The van der Waals surface area contributed by atoms with E-state index < -0.39 is 10.0 Å². The van der Waals surface area contributed by atoms with Crippen LogP contribution in [0.2, 0.25) is 0 Å². The molecule has 0 fully saturated rings. The number of benzene rings is 1. The minimum absolute atomic E-state index is 0.211. The fraction of sp³-hybridized carbons (Fsp3) is 0.200. The molecule has 0 aliphatic carbocycles. The number of nitrogens with one attached hydrogen (secondary N) is 2. The summed E-state index contributed by atoms with van der Waals surface area (Å²) in [5.74, 6) is 0.0508. The summed E-state index contributed by atoms with van der Waals surface area (Å²) < 4.78 is 24.5. The van der Waals surface area contributed by atoms with Crippen molar-refractivity contribution in [3.05, 3.63) is 53.2 Å². The molecule has 0 saturated carbocycles. The first-order valence-electron chi connectivity index (χ1n) is 6.99. The number of rotatable bonds is 4. The van der Waals surface area contributed by atoms with Gasteiger partial charge in [-0.3, -0.25) is 9.89 Å². The van der Waals surface area contributed by atoms with E-state index in [1.807, 2.05) is 30.3 Å². The summed E-state index contributed by atoms with van der Waals surface area (Å²) in [6.45, 7) is 0.458. The second-order valence-electron chi connectivity index (χ2n) is 5.29. The maximum atomic E-state index is 12.0. The summed E-state index contributed by atoms with van der Waals surface area (Å²) in [6.07, 6.45) is 4.28. The van der Waals surface area contributed by atoms with Crippen LogP contribution in [-0.4, -0.2) is 35.1 Å². The third-order valence-electron chi connectivity index (χ3n) is 3.56. The van der Waals surface area contributed by atoms with Crippen LogP contribution >= 0.6 is 0 Å². The van der Waals surface area contributed by atoms with Gasteiger partial charge in [-0.15, -0.1) is 0 Å². The molecule has 0 spiro atoms. The average molecular weight is 332 g/mol. The summed E-state index contributed by atoms with van der Waals surface area (Å²) in [6, 6.07) is 9.45. The largest absolute Gasteiger partial charge is 0.305 e. The molecule has 1 aromatic carbocycles. The van der Waals surface area contributed by atoms with Crippen LogP contribution in [0.25, 0.3) is 6.08 Å². The highest BCUT2D eigenvalue weighted by molar-refractivity contribution is 7.88. The Hall–Kier alpha value is -2.45. The Morgan fingerprint density at radius 1 is 1.30 bits per heavy atom. The van der Waals surface area contributed by atoms with E-state index in [-0.39, 0.29) is 19.0 Å². The van der Waals surface area contributed by atoms with Crippen molar-refractivity contribution >= 4 is 27.8 Å². The number of H-pyrrole nitrogens is 1. The van der Waals surface area contributed by atoms with Gasteiger partial charge in [0.25, 0.3) is 0 Å². The fourth-order valence-corrected chi connectivity index (χ4v) is 3.07. The van der Waals surface area contributed by atoms with Crippen molar-refractivity contribution in [2.45, 2.75) is 13.1 Å². The molecule has 0 radical (unpaired) electrons. The minimum Gasteiger partial charge on any atom is -0.305 e. The van der Waals surface area contributed by atoms with Gasteiger partial charge in [0, 0.05) is 18.2 Å². The number of hydrogen-bond acceptors (Lipinski definition) is 4. The number of nitrogens with zero attached hydrogens (tertiary/aromatic N) is 2. The maximum absolute atomic E-state index is 12.0. The maximum Gasteiger partial charge on any atom is 0.249 e. The van der Waals surface area contributed by atoms with Crippen molar-refractivity contribution in [1.82, 2.24) is 14.5 Å². The summed E-state index contributed by atoms with van der Waals surface area (Å²) in [4.78, 5) is 12.0. The molecular weight excluding hydrogens is 316 g/mol. The average Bonchev–Trinajstić information content (AvgIpc) is 3.08. The Labute approximate surface area is 134 Å². The molecule has 3 rings (SSSR count). The Morgan fingerprint density at radius 2 is 2.04 bits per heavy atom. The van der Waals surface area contributed by atoms with Gasteiger partial charge >= 0.3 is 0 Å². The van der Waals surface area contributed by atoms with Crippen molar-refractivity contribution in [2.75, 3.05) is 11.6 Å². The number of aromatic nitrogens is 2. The molecule has 0 bridgehead atoms. The Bertz CT molecular complexity index is 856. The highest BCUT2D eigenvalue weighted by atomic mass is 32.2. The molecule has 2 heterocycles. The number of aromatic amines is 1. The number of carbonyl (C=O) groups is 1. The number of anilines is 1. The quantitative estimate of drug-likeness (QED) is 0.826. The monoisotopic (exact) mass is 332 g/mol. The molecular formula is C15H16N4O3S. The predicted molar refractivity (Wildman–Crippen MR) is 86.8 cm³/mol. The second-order valence-corrected chi connectivity index (χ2v) is 7.28. The van der Waals surface area contributed by atoms with Gasteiger partial charge in [0.1, 0.15) is 0 Å². The zero-order chi connectivity index (χ0) is 16.4. The van der Waals surface area contributed by atoms with Crippen LogP contribution in [0.5, 0.6) is 0 Å². The molecule has 120 valence electrons. The summed E-state index contributed by atoms with van der Waals surface area (Å²) in [5.41, 5.74) is 2.33. The van der Waals surface area contributed by atoms with Crippen molar-refractivity contribution in [3.63, 3.8) is 0 Å². The van der Waals surface area contributed by atoms with E-state index in [4.69, 9.17) is 0 Å². The lowest BCUT2D eigenvalue weighted by Gasteiger charge is -2.11. The van der Waals surface area contributed by atoms with E-state index in [9.17, 15) is 13.2 Å². The smallest absolute Gasteiger partial charge is 0.249 e. The molecule has 0 atom stereocenters. The molecule has 2 aromatic rings. The van der Waals surface area contributed by atoms with Gasteiger partial charge in [0.2, 0.25) is 15.9 Å². The first-order valence-corrected chi connectivity index (χ1v) is 8.83. The number of amides is 1. The van der Waals surface area contributed by atoms with Crippen molar-refractivity contribution in [2.24, 2.45) is 0 Å². The third-order valence-corrected chi connectivity index (χ3v) is 4.76. The fourth-order valence-electron chi connectivity index (χ4n) is 2.34. The standard InChI is InChI=1S/C15H16N4O3S/c1-23(21,22)19-9-12-13(10-19)17-18-15(12)16-14(20)8-7-11-5-3-2-4-6-11/h2-8H,9-10H2,1H3,(H2,16,17,18,20). The molecule has 1 aliphatic rings. The van der Waals surface area contributed by atoms with Gasteiger partial charge in [-0.1, -0.05) is 30.3 Å². The number of fused-ring (bicyclic) bond motifs is 1. The van der Waals surface area contributed by atoms with Crippen LogP contribution in [0.1, 0.15) is 16.8 Å². The van der Waals surface area contributed by atoms with Gasteiger partial charge in [0.15, 0.2) is 5.82 Å². The minimum atomic E-state index is -3.27. The topological polar surface area (TPSA) is 95.2 Å². The molecule has 0 saturated heterocycles. The first kappa shape index (κ1) is 15.4. The molecule has 1 amide bonds. The van der Waals surface area contributed by atoms with E-state index in [0.717, 1.165) is 11.8 Å². The molecule has 2 N–H and O–H groups in total. The molecule has 7 nitrogen and oxygen atoms in total. The summed E-state index contributed by atoms with van der Waals surface area (Å²) in [7, 11) is -3.27. The van der Waals surface area contributed by atoms with E-state index in [1.165, 1.54) is 10.4 Å². The Morgan fingerprint density at radius 3 is 2.74 bits per heavy atom. The van der Waals surface area contributed by atoms with Gasteiger partial charge in [0.05, 0.1) is 18.5 Å². The number of sulfonamides is 1. The highest BCUT2D eigenvalue weighted by Crippen LogP contribution is 2.28. The predicted octanol–water partition coefficient (Wildman–Crippen LogP) is 1.34. The van der Waals surface area contributed by atoms with Crippen molar-refractivity contribution < 1.29 is 13.2 Å². The zero-order valence-corrected chi connectivity index (χ0v) is 13.3. The molecule has 8 heteroatoms. The van der Waals surface area contributed by atoms with E-state index in [2.05, 4.69) is 15.5 Å². The lowest BCUT2D eigenvalue weighted by atomic mass is 10.2. The highest BCUT2D eigenvalue weighted by Gasteiger charge is 2.30. The lowest BCUT2D eigenvalue weighted by Crippen LogP contribution is -2.24. The zero-order valence-electron chi connectivity index (χ0n) is 12.5. The van der Waals surface area contributed by atoms with Crippen molar-refractivity contribution in [3.8, 4) is 0 Å². The molecule has 1 aromatic heterocycles. The van der Waals surface area contributed by atoms with Gasteiger partial charge in [-0.2, -0.15) is 9.40 Å². The van der Waals surface area contributed by atoms with Crippen LogP contribution < -0.4 is 5.32 Å². The van der Waals surface area contributed by atoms with Gasteiger partial charge in [-0.05, 0) is 11.6 Å².